The fraction of sp³-hybridized carbons (Fsp3) is 0.409. The molecule has 0 saturated carbocycles. The SMILES string of the molecule is CC(C)Oc1ccccc1-c1cc2c(cc1OC(C)(C)C(=O)O)C(O)CC2. The van der Waals surface area contributed by atoms with Crippen molar-refractivity contribution >= 4 is 5.97 Å². The maximum atomic E-state index is 11.6. The number of para-hydroxylation sites is 1. The fourth-order valence-corrected chi connectivity index (χ4v) is 3.27. The summed E-state index contributed by atoms with van der Waals surface area (Å²) in [6, 6.07) is 11.4. The normalized spacial score (nSPS) is 16.3. The Kier molecular flexibility index (Phi) is 5.16. The van der Waals surface area contributed by atoms with Gasteiger partial charge in [0.05, 0.1) is 12.2 Å². The molecule has 5 heteroatoms. The molecule has 0 bridgehead atoms. The number of hydrogen-bond donors (Lipinski definition) is 2. The number of aliphatic hydroxyl groups excluding tert-OH is 1. The summed E-state index contributed by atoms with van der Waals surface area (Å²) in [6.07, 6.45) is 0.887. The molecule has 1 unspecified atom stereocenters. The lowest BCUT2D eigenvalue weighted by Gasteiger charge is -2.25. The molecule has 0 fully saturated rings. The van der Waals surface area contributed by atoms with Crippen molar-refractivity contribution in [2.24, 2.45) is 0 Å². The Bertz CT molecular complexity index is 854. The lowest BCUT2D eigenvalue weighted by atomic mass is 9.97. The maximum Gasteiger partial charge on any atom is 0.347 e. The second-order valence-electron chi connectivity index (χ2n) is 7.68. The smallest absolute Gasteiger partial charge is 0.347 e. The molecule has 1 aliphatic rings. The van der Waals surface area contributed by atoms with E-state index in [2.05, 4.69) is 0 Å². The largest absolute Gasteiger partial charge is 0.490 e. The number of carbonyl (C=O) groups is 1. The molecule has 0 saturated heterocycles. The van der Waals surface area contributed by atoms with E-state index in [1.54, 1.807) is 6.07 Å². The van der Waals surface area contributed by atoms with Gasteiger partial charge in [0.1, 0.15) is 11.5 Å². The van der Waals surface area contributed by atoms with Crippen LogP contribution in [0.15, 0.2) is 36.4 Å². The molecule has 3 rings (SSSR count). The van der Waals surface area contributed by atoms with E-state index >= 15 is 0 Å². The van der Waals surface area contributed by atoms with Gasteiger partial charge < -0.3 is 19.7 Å². The second-order valence-corrected chi connectivity index (χ2v) is 7.68. The standard InChI is InChI=1S/C22H26O5/c1-13(2)26-19-8-6-5-7-15(19)17-11-14-9-10-18(23)16(14)12-20(17)27-22(3,4)21(24)25/h5-8,11-13,18,23H,9-10H2,1-4H3,(H,24,25). The fourth-order valence-electron chi connectivity index (χ4n) is 3.27. The van der Waals surface area contributed by atoms with Gasteiger partial charge in [-0.2, -0.15) is 0 Å². The predicted octanol–water partition coefficient (Wildman–Crippen LogP) is 4.36. The molecule has 0 heterocycles. The van der Waals surface area contributed by atoms with Gasteiger partial charge in [-0.05, 0) is 69.9 Å². The predicted molar refractivity (Wildman–Crippen MR) is 103 cm³/mol. The maximum absolute atomic E-state index is 11.6. The monoisotopic (exact) mass is 370 g/mol. The number of rotatable bonds is 6. The van der Waals surface area contributed by atoms with Gasteiger partial charge in [0.2, 0.25) is 0 Å². The highest BCUT2D eigenvalue weighted by Gasteiger charge is 2.32. The van der Waals surface area contributed by atoms with E-state index in [1.165, 1.54) is 13.8 Å². The minimum atomic E-state index is -1.40. The number of ether oxygens (including phenoxy) is 2. The first-order valence-electron chi connectivity index (χ1n) is 9.22. The zero-order valence-electron chi connectivity index (χ0n) is 16.2. The summed E-state index contributed by atoms with van der Waals surface area (Å²) in [4.78, 5) is 11.6. The van der Waals surface area contributed by atoms with E-state index in [-0.39, 0.29) is 6.10 Å². The summed E-state index contributed by atoms with van der Waals surface area (Å²) in [6.45, 7) is 6.94. The minimum Gasteiger partial charge on any atom is -0.490 e. The molecule has 0 aromatic heterocycles. The van der Waals surface area contributed by atoms with Crippen LogP contribution in [-0.2, 0) is 11.2 Å². The third-order valence-electron chi connectivity index (χ3n) is 4.71. The van der Waals surface area contributed by atoms with Crippen molar-refractivity contribution in [1.82, 2.24) is 0 Å². The van der Waals surface area contributed by atoms with Crippen LogP contribution in [0, 0.1) is 0 Å². The van der Waals surface area contributed by atoms with Crippen LogP contribution in [0.2, 0.25) is 0 Å². The van der Waals surface area contributed by atoms with Crippen molar-refractivity contribution in [1.29, 1.82) is 0 Å². The van der Waals surface area contributed by atoms with E-state index in [9.17, 15) is 15.0 Å². The molecule has 0 spiro atoms. The Labute approximate surface area is 159 Å². The van der Waals surface area contributed by atoms with Crippen LogP contribution in [0.4, 0.5) is 0 Å². The van der Waals surface area contributed by atoms with Crippen LogP contribution >= 0.6 is 0 Å². The van der Waals surface area contributed by atoms with Gasteiger partial charge in [0.25, 0.3) is 0 Å². The van der Waals surface area contributed by atoms with E-state index in [0.29, 0.717) is 17.9 Å². The molecule has 0 radical (unpaired) electrons. The Morgan fingerprint density at radius 1 is 1.15 bits per heavy atom. The third-order valence-corrected chi connectivity index (χ3v) is 4.71. The van der Waals surface area contributed by atoms with Crippen LogP contribution in [0.25, 0.3) is 11.1 Å². The number of aryl methyl sites for hydroxylation is 1. The van der Waals surface area contributed by atoms with Crippen LogP contribution in [0.1, 0.15) is 51.3 Å². The number of carboxylic acids is 1. The van der Waals surface area contributed by atoms with E-state index in [4.69, 9.17) is 9.47 Å². The van der Waals surface area contributed by atoms with Gasteiger partial charge in [-0.3, -0.25) is 0 Å². The van der Waals surface area contributed by atoms with E-state index in [1.807, 2.05) is 44.2 Å². The van der Waals surface area contributed by atoms with Crippen molar-refractivity contribution in [3.8, 4) is 22.6 Å². The van der Waals surface area contributed by atoms with Crippen molar-refractivity contribution in [3.63, 3.8) is 0 Å². The second kappa shape index (κ2) is 7.24. The number of hydrogen-bond acceptors (Lipinski definition) is 4. The Morgan fingerprint density at radius 3 is 2.52 bits per heavy atom. The summed E-state index contributed by atoms with van der Waals surface area (Å²) in [5.74, 6) is 0.0899. The van der Waals surface area contributed by atoms with Crippen LogP contribution in [0.3, 0.4) is 0 Å². The third kappa shape index (κ3) is 3.93. The Balaban J connectivity index is 2.16. The van der Waals surface area contributed by atoms with Crippen LogP contribution < -0.4 is 9.47 Å². The summed E-state index contributed by atoms with van der Waals surface area (Å²) in [5.41, 5.74) is 2.06. The molecule has 2 N–H and O–H groups in total. The zero-order valence-corrected chi connectivity index (χ0v) is 16.2. The van der Waals surface area contributed by atoms with Gasteiger partial charge >= 0.3 is 5.97 Å². The van der Waals surface area contributed by atoms with Gasteiger partial charge in [-0.1, -0.05) is 18.2 Å². The highest BCUT2D eigenvalue weighted by Crippen LogP contribution is 2.43. The van der Waals surface area contributed by atoms with E-state index < -0.39 is 17.7 Å². The molecule has 1 aliphatic carbocycles. The molecule has 2 aromatic carbocycles. The Hall–Kier alpha value is -2.53. The average Bonchev–Trinajstić information content (AvgIpc) is 2.94. The van der Waals surface area contributed by atoms with E-state index in [0.717, 1.165) is 28.7 Å². The average molecular weight is 370 g/mol. The van der Waals surface area contributed by atoms with Gasteiger partial charge in [0, 0.05) is 11.1 Å². The molecule has 0 aliphatic heterocycles. The van der Waals surface area contributed by atoms with Gasteiger partial charge in [-0.25, -0.2) is 4.79 Å². The quantitative estimate of drug-likeness (QED) is 0.790. The summed E-state index contributed by atoms with van der Waals surface area (Å²) < 4.78 is 11.9. The van der Waals surface area contributed by atoms with Crippen molar-refractivity contribution in [2.45, 2.75) is 58.3 Å². The number of aliphatic hydroxyl groups is 1. The molecular weight excluding hydrogens is 344 g/mol. The first-order valence-corrected chi connectivity index (χ1v) is 9.22. The van der Waals surface area contributed by atoms with Gasteiger partial charge in [0.15, 0.2) is 5.60 Å². The van der Waals surface area contributed by atoms with Crippen molar-refractivity contribution in [3.05, 3.63) is 47.5 Å². The number of carboxylic acid groups (broad SMARTS) is 1. The molecule has 1 atom stereocenters. The molecule has 5 nitrogen and oxygen atoms in total. The lowest BCUT2D eigenvalue weighted by molar-refractivity contribution is -0.152. The molecular formula is C22H26O5. The number of aliphatic carboxylic acids is 1. The molecule has 144 valence electrons. The molecule has 0 amide bonds. The molecule has 2 aromatic rings. The van der Waals surface area contributed by atoms with Crippen molar-refractivity contribution in [2.75, 3.05) is 0 Å². The topological polar surface area (TPSA) is 76.0 Å². The van der Waals surface area contributed by atoms with Crippen LogP contribution in [0.5, 0.6) is 11.5 Å². The summed E-state index contributed by atoms with van der Waals surface area (Å²) in [7, 11) is 0. The molecule has 27 heavy (non-hydrogen) atoms. The van der Waals surface area contributed by atoms with Crippen molar-refractivity contribution < 1.29 is 24.5 Å². The highest BCUT2D eigenvalue weighted by molar-refractivity contribution is 5.80. The highest BCUT2D eigenvalue weighted by atomic mass is 16.5. The minimum absolute atomic E-state index is 0.00206. The Morgan fingerprint density at radius 2 is 1.85 bits per heavy atom. The van der Waals surface area contributed by atoms with Crippen LogP contribution in [-0.4, -0.2) is 27.9 Å². The number of benzene rings is 2. The lowest BCUT2D eigenvalue weighted by Crippen LogP contribution is -2.38. The zero-order chi connectivity index (χ0) is 19.8. The van der Waals surface area contributed by atoms with Gasteiger partial charge in [-0.15, -0.1) is 0 Å². The first kappa shape index (κ1) is 19.2. The number of fused-ring (bicyclic) bond motifs is 1. The summed E-state index contributed by atoms with van der Waals surface area (Å²) >= 11 is 0. The first-order chi connectivity index (χ1) is 12.7. The summed E-state index contributed by atoms with van der Waals surface area (Å²) in [5, 5.41) is 19.7.